The van der Waals surface area contributed by atoms with Crippen molar-refractivity contribution in [1.29, 1.82) is 0 Å². The molecule has 0 spiro atoms. The van der Waals surface area contributed by atoms with E-state index in [4.69, 9.17) is 9.98 Å². The zero-order chi connectivity index (χ0) is 27.6. The summed E-state index contributed by atoms with van der Waals surface area (Å²) < 4.78 is 15.7. The lowest BCUT2D eigenvalue weighted by molar-refractivity contribution is 0.0656. The summed E-state index contributed by atoms with van der Waals surface area (Å²) in [5.74, 6) is 0.168. The van der Waals surface area contributed by atoms with E-state index >= 15 is 0 Å². The Morgan fingerprint density at radius 3 is 2.70 bits per heavy atom. The molecular weight excluding hydrogens is 618 g/mol. The summed E-state index contributed by atoms with van der Waals surface area (Å²) >= 11 is 2.33. The smallest absolute Gasteiger partial charge is 0.254 e. The molecule has 4 aromatic rings. The van der Waals surface area contributed by atoms with Crippen molar-refractivity contribution in [3.8, 4) is 11.3 Å². The molecule has 0 aliphatic carbocycles. The predicted octanol–water partition coefficient (Wildman–Crippen LogP) is 5.75. The Morgan fingerprint density at radius 1 is 1.10 bits per heavy atom. The Kier molecular flexibility index (Phi) is 7.57. The van der Waals surface area contributed by atoms with E-state index < -0.39 is 0 Å². The van der Waals surface area contributed by atoms with Crippen LogP contribution < -0.4 is 10.6 Å². The molecule has 2 aliphatic rings. The van der Waals surface area contributed by atoms with Gasteiger partial charge >= 0.3 is 0 Å². The van der Waals surface area contributed by atoms with E-state index in [1.165, 1.54) is 6.07 Å². The first-order valence-electron chi connectivity index (χ1n) is 13.3. The highest BCUT2D eigenvalue weighted by Crippen LogP contribution is 2.34. The number of aliphatic imine (C=N–C) groups is 1. The van der Waals surface area contributed by atoms with Gasteiger partial charge in [0.15, 0.2) is 0 Å². The average molecular weight is 647 g/mol. The maximum atomic E-state index is 14.9. The molecule has 1 aromatic heterocycles. The van der Waals surface area contributed by atoms with Crippen LogP contribution >= 0.6 is 22.6 Å². The lowest BCUT2D eigenvalue weighted by Crippen LogP contribution is -2.52. The number of benzene rings is 3. The van der Waals surface area contributed by atoms with Gasteiger partial charge in [0.2, 0.25) is 5.95 Å². The van der Waals surface area contributed by atoms with Crippen LogP contribution in [0.5, 0.6) is 0 Å². The SMILES string of the molecule is CC1CNCCN1C(=O)c1ccc(Nc2ncc3c(n2)-c2ccc(CI)cc2C(c2ccccc2F)=NC3)cc1. The van der Waals surface area contributed by atoms with Gasteiger partial charge in [0, 0.05) is 69.8 Å². The van der Waals surface area contributed by atoms with Crippen molar-refractivity contribution >= 4 is 45.8 Å². The maximum Gasteiger partial charge on any atom is 0.254 e. The number of nitrogens with one attached hydrogen (secondary N) is 2. The summed E-state index contributed by atoms with van der Waals surface area (Å²) in [6, 6.07) is 20.5. The average Bonchev–Trinajstić information content (AvgIpc) is 3.14. The quantitative estimate of drug-likeness (QED) is 0.214. The Morgan fingerprint density at radius 2 is 1.93 bits per heavy atom. The number of fused-ring (bicyclic) bond motifs is 3. The number of carbonyl (C=O) groups is 1. The molecule has 1 fully saturated rings. The molecule has 9 heteroatoms. The van der Waals surface area contributed by atoms with Crippen LogP contribution in [-0.2, 0) is 11.0 Å². The van der Waals surface area contributed by atoms with Crippen molar-refractivity contribution in [1.82, 2.24) is 20.2 Å². The fraction of sp³-hybridized carbons (Fsp3) is 0.226. The highest BCUT2D eigenvalue weighted by Gasteiger charge is 2.25. The van der Waals surface area contributed by atoms with Crippen molar-refractivity contribution in [3.05, 3.63) is 107 Å². The highest BCUT2D eigenvalue weighted by atomic mass is 127. The fourth-order valence-corrected chi connectivity index (χ4v) is 5.63. The molecule has 0 bridgehead atoms. The molecule has 3 heterocycles. The summed E-state index contributed by atoms with van der Waals surface area (Å²) in [4.78, 5) is 29.2. The van der Waals surface area contributed by atoms with E-state index in [-0.39, 0.29) is 17.8 Å². The van der Waals surface area contributed by atoms with Crippen LogP contribution in [0, 0.1) is 5.82 Å². The second-order valence-electron chi connectivity index (χ2n) is 9.98. The van der Waals surface area contributed by atoms with E-state index in [0.717, 1.165) is 51.2 Å². The molecule has 202 valence electrons. The van der Waals surface area contributed by atoms with Crippen molar-refractivity contribution in [2.45, 2.75) is 23.9 Å². The topological polar surface area (TPSA) is 82.5 Å². The molecule has 1 atom stereocenters. The first kappa shape index (κ1) is 26.5. The maximum absolute atomic E-state index is 14.9. The summed E-state index contributed by atoms with van der Waals surface area (Å²) in [5.41, 5.74) is 7.02. The van der Waals surface area contributed by atoms with E-state index in [1.54, 1.807) is 18.3 Å². The zero-order valence-electron chi connectivity index (χ0n) is 22.0. The third-order valence-electron chi connectivity index (χ3n) is 7.30. The number of alkyl halides is 1. The van der Waals surface area contributed by atoms with Crippen LogP contribution in [0.1, 0.15) is 39.5 Å². The molecule has 2 N–H and O–H groups in total. The number of hydrogen-bond acceptors (Lipinski definition) is 6. The van der Waals surface area contributed by atoms with Gasteiger partial charge in [0.05, 0.1) is 18.0 Å². The Bertz CT molecular complexity index is 1610. The molecule has 1 amide bonds. The van der Waals surface area contributed by atoms with Crippen LogP contribution in [0.25, 0.3) is 11.3 Å². The fourth-order valence-electron chi connectivity index (χ4n) is 5.16. The Balaban J connectivity index is 1.30. The molecule has 7 nitrogen and oxygen atoms in total. The number of anilines is 2. The molecule has 1 unspecified atom stereocenters. The lowest BCUT2D eigenvalue weighted by atomic mass is 9.93. The molecule has 2 aliphatic heterocycles. The van der Waals surface area contributed by atoms with Crippen LogP contribution in [0.15, 0.2) is 77.9 Å². The number of halogens is 2. The molecule has 6 rings (SSSR count). The summed E-state index contributed by atoms with van der Waals surface area (Å²) in [6.45, 7) is 4.71. The van der Waals surface area contributed by atoms with Crippen LogP contribution in [0.2, 0.25) is 0 Å². The third kappa shape index (κ3) is 5.23. The van der Waals surface area contributed by atoms with Gasteiger partial charge < -0.3 is 15.5 Å². The van der Waals surface area contributed by atoms with Crippen molar-refractivity contribution in [2.75, 3.05) is 25.0 Å². The number of aromatic nitrogens is 2. The van der Waals surface area contributed by atoms with Gasteiger partial charge in [-0.2, -0.15) is 0 Å². The van der Waals surface area contributed by atoms with Gasteiger partial charge in [-0.05, 0) is 55.0 Å². The van der Waals surface area contributed by atoms with Gasteiger partial charge in [-0.3, -0.25) is 9.79 Å². The number of amides is 1. The molecule has 0 radical (unpaired) electrons. The number of piperazine rings is 1. The highest BCUT2D eigenvalue weighted by molar-refractivity contribution is 14.1. The van der Waals surface area contributed by atoms with E-state index in [0.29, 0.717) is 35.9 Å². The van der Waals surface area contributed by atoms with Crippen LogP contribution in [0.3, 0.4) is 0 Å². The second kappa shape index (κ2) is 11.4. The van der Waals surface area contributed by atoms with E-state index in [1.807, 2.05) is 41.3 Å². The van der Waals surface area contributed by atoms with E-state index in [9.17, 15) is 9.18 Å². The van der Waals surface area contributed by atoms with Crippen molar-refractivity contribution in [3.63, 3.8) is 0 Å². The minimum Gasteiger partial charge on any atom is -0.333 e. The molecule has 0 saturated carbocycles. The first-order chi connectivity index (χ1) is 19.5. The standard InChI is InChI=1S/C31H28FIN6O/c1-19-16-34-12-13-39(19)30(40)21-7-9-23(10-8-21)37-31-36-18-22-17-35-29(25-4-2-3-5-27(25)32)26-14-20(15-33)6-11-24(26)28(22)38-31/h2-11,14,18-19,34H,12-13,15-17H2,1H3,(H,36,37,38). The van der Waals surface area contributed by atoms with Crippen LogP contribution in [-0.4, -0.2) is 52.2 Å². The number of carbonyl (C=O) groups excluding carboxylic acids is 1. The Hall–Kier alpha value is -3.70. The van der Waals surface area contributed by atoms with Crippen molar-refractivity contribution in [2.24, 2.45) is 4.99 Å². The third-order valence-corrected chi connectivity index (χ3v) is 8.18. The van der Waals surface area contributed by atoms with Crippen LogP contribution in [0.4, 0.5) is 16.0 Å². The Labute approximate surface area is 246 Å². The van der Waals surface area contributed by atoms with E-state index in [2.05, 4.69) is 57.3 Å². The van der Waals surface area contributed by atoms with Gasteiger partial charge in [-0.1, -0.05) is 46.9 Å². The van der Waals surface area contributed by atoms with Gasteiger partial charge in [0.1, 0.15) is 5.82 Å². The lowest BCUT2D eigenvalue weighted by Gasteiger charge is -2.34. The number of nitrogens with zero attached hydrogens (tertiary/aromatic N) is 4. The van der Waals surface area contributed by atoms with Crippen molar-refractivity contribution < 1.29 is 9.18 Å². The second-order valence-corrected chi connectivity index (χ2v) is 10.7. The molecule has 40 heavy (non-hydrogen) atoms. The summed E-state index contributed by atoms with van der Waals surface area (Å²) in [5, 5.41) is 6.59. The predicted molar refractivity (Wildman–Crippen MR) is 164 cm³/mol. The minimum atomic E-state index is -0.306. The number of hydrogen-bond donors (Lipinski definition) is 2. The first-order valence-corrected chi connectivity index (χ1v) is 14.8. The monoisotopic (exact) mass is 646 g/mol. The molecular formula is C31H28FIN6O. The van der Waals surface area contributed by atoms with Gasteiger partial charge in [0.25, 0.3) is 5.91 Å². The van der Waals surface area contributed by atoms with Gasteiger partial charge in [-0.15, -0.1) is 0 Å². The summed E-state index contributed by atoms with van der Waals surface area (Å²) in [7, 11) is 0. The zero-order valence-corrected chi connectivity index (χ0v) is 24.2. The largest absolute Gasteiger partial charge is 0.333 e. The number of rotatable bonds is 5. The minimum absolute atomic E-state index is 0.0370. The summed E-state index contributed by atoms with van der Waals surface area (Å²) in [6.07, 6.45) is 1.78. The normalized spacial score (nSPS) is 16.4. The molecule has 3 aromatic carbocycles. The molecule has 1 saturated heterocycles. The van der Waals surface area contributed by atoms with Gasteiger partial charge in [-0.25, -0.2) is 14.4 Å².